The summed E-state index contributed by atoms with van der Waals surface area (Å²) in [4.78, 5) is 29.3. The molecule has 2 aliphatic rings. The monoisotopic (exact) mass is 463 g/mol. The van der Waals surface area contributed by atoms with E-state index in [0.717, 1.165) is 24.8 Å². The van der Waals surface area contributed by atoms with Crippen molar-refractivity contribution in [3.8, 4) is 22.6 Å². The fourth-order valence-electron chi connectivity index (χ4n) is 5.93. The van der Waals surface area contributed by atoms with Gasteiger partial charge in [0.2, 0.25) is 0 Å². The Hall–Kier alpha value is -3.12. The number of H-pyrrole nitrogens is 1. The first-order chi connectivity index (χ1) is 16.2. The van der Waals surface area contributed by atoms with E-state index in [0.29, 0.717) is 17.0 Å². The Bertz CT molecular complexity index is 1190. The van der Waals surface area contributed by atoms with Crippen LogP contribution >= 0.6 is 0 Å². The van der Waals surface area contributed by atoms with Crippen molar-refractivity contribution in [1.82, 2.24) is 4.98 Å². The zero-order chi connectivity index (χ0) is 24.6. The summed E-state index contributed by atoms with van der Waals surface area (Å²) in [6.45, 7) is 6.42. The van der Waals surface area contributed by atoms with E-state index in [-0.39, 0.29) is 40.9 Å². The second-order valence-corrected chi connectivity index (χ2v) is 10.1. The molecular weight excluding hydrogens is 430 g/mol. The van der Waals surface area contributed by atoms with Crippen LogP contribution in [0, 0.1) is 29.1 Å². The number of fused-ring (bicyclic) bond motifs is 1. The number of aliphatic hydroxyl groups is 1. The SMILES string of the molecule is CC1=C[C@@H](C(=O)c2c(O)c(-c3ccc(O)cc3)c[nH]c2=O)[C@H](/C=C/CO)[C@H]2C[C@@H](C)CC[C@]12C. The number of aliphatic hydroxyl groups excluding tert-OH is 1. The van der Waals surface area contributed by atoms with Crippen LogP contribution in [0.25, 0.3) is 11.1 Å². The van der Waals surface area contributed by atoms with Crippen LogP contribution in [0.5, 0.6) is 11.5 Å². The zero-order valence-corrected chi connectivity index (χ0v) is 19.9. The number of carbonyl (C=O) groups excluding carboxylic acids is 1. The number of aromatic nitrogens is 1. The predicted molar refractivity (Wildman–Crippen MR) is 132 cm³/mol. The third-order valence-electron chi connectivity index (χ3n) is 8.10. The van der Waals surface area contributed by atoms with E-state index in [4.69, 9.17) is 0 Å². The van der Waals surface area contributed by atoms with Crippen LogP contribution in [0.2, 0.25) is 0 Å². The molecule has 6 heteroatoms. The molecule has 5 atom stereocenters. The third-order valence-corrected chi connectivity index (χ3v) is 8.10. The minimum Gasteiger partial charge on any atom is -0.508 e. The molecule has 4 rings (SSSR count). The average Bonchev–Trinajstić information content (AvgIpc) is 2.80. The number of carbonyl (C=O) groups is 1. The molecule has 1 saturated carbocycles. The lowest BCUT2D eigenvalue weighted by Gasteiger charge is -2.52. The van der Waals surface area contributed by atoms with Gasteiger partial charge in [0.05, 0.1) is 6.61 Å². The van der Waals surface area contributed by atoms with Crippen molar-refractivity contribution in [2.75, 3.05) is 6.61 Å². The first kappa shape index (κ1) is 24.0. The van der Waals surface area contributed by atoms with Crippen LogP contribution in [0.1, 0.15) is 50.4 Å². The molecule has 1 heterocycles. The van der Waals surface area contributed by atoms with Gasteiger partial charge in [-0.15, -0.1) is 0 Å². The molecule has 0 spiro atoms. The average molecular weight is 464 g/mol. The van der Waals surface area contributed by atoms with Gasteiger partial charge in [0.1, 0.15) is 17.1 Å². The van der Waals surface area contributed by atoms with Crippen LogP contribution in [-0.2, 0) is 0 Å². The molecule has 0 radical (unpaired) electrons. The van der Waals surface area contributed by atoms with Crippen LogP contribution in [0.4, 0.5) is 0 Å². The second kappa shape index (κ2) is 9.26. The van der Waals surface area contributed by atoms with E-state index >= 15 is 0 Å². The molecule has 0 amide bonds. The van der Waals surface area contributed by atoms with E-state index in [1.165, 1.54) is 18.3 Å². The summed E-state index contributed by atoms with van der Waals surface area (Å²) in [5.74, 6) is -0.790. The summed E-state index contributed by atoms with van der Waals surface area (Å²) in [6, 6.07) is 6.19. The van der Waals surface area contributed by atoms with E-state index in [1.54, 1.807) is 18.2 Å². The summed E-state index contributed by atoms with van der Waals surface area (Å²) in [6.07, 6.45) is 10.1. The zero-order valence-electron chi connectivity index (χ0n) is 19.9. The summed E-state index contributed by atoms with van der Waals surface area (Å²) in [5.41, 5.74) is 1.10. The number of benzene rings is 1. The van der Waals surface area contributed by atoms with Crippen molar-refractivity contribution >= 4 is 5.78 Å². The maximum absolute atomic E-state index is 13.9. The lowest BCUT2D eigenvalue weighted by molar-refractivity contribution is 0.0503. The number of aromatic hydroxyl groups is 2. The first-order valence-electron chi connectivity index (χ1n) is 11.9. The number of aromatic amines is 1. The number of rotatable bonds is 5. The highest BCUT2D eigenvalue weighted by atomic mass is 16.3. The van der Waals surface area contributed by atoms with Crippen molar-refractivity contribution in [3.05, 3.63) is 70.2 Å². The number of nitrogens with one attached hydrogen (secondary N) is 1. The van der Waals surface area contributed by atoms with Crippen molar-refractivity contribution in [2.45, 2.75) is 40.0 Å². The number of Topliss-reactive ketones (excluding diaryl/α,β-unsaturated/α-hetero) is 1. The normalized spacial score (nSPS) is 29.0. The quantitative estimate of drug-likeness (QED) is 0.375. The molecule has 0 aliphatic heterocycles. The van der Waals surface area contributed by atoms with Crippen LogP contribution in [0.15, 0.2) is 59.1 Å². The van der Waals surface area contributed by atoms with Gasteiger partial charge in [0.15, 0.2) is 5.78 Å². The first-order valence-corrected chi connectivity index (χ1v) is 11.9. The number of pyridine rings is 1. The summed E-state index contributed by atoms with van der Waals surface area (Å²) in [7, 11) is 0. The molecule has 2 aliphatic carbocycles. The Kier molecular flexibility index (Phi) is 6.54. The second-order valence-electron chi connectivity index (χ2n) is 10.1. The van der Waals surface area contributed by atoms with Gasteiger partial charge in [-0.05, 0) is 67.1 Å². The van der Waals surface area contributed by atoms with Gasteiger partial charge in [-0.2, -0.15) is 0 Å². The summed E-state index contributed by atoms with van der Waals surface area (Å²) < 4.78 is 0. The van der Waals surface area contributed by atoms with Crippen LogP contribution < -0.4 is 5.56 Å². The maximum Gasteiger partial charge on any atom is 0.262 e. The molecule has 6 nitrogen and oxygen atoms in total. The van der Waals surface area contributed by atoms with Gasteiger partial charge in [0, 0.05) is 17.7 Å². The number of allylic oxidation sites excluding steroid dienone is 3. The topological polar surface area (TPSA) is 111 Å². The fraction of sp³-hybridized carbons (Fsp3) is 0.429. The number of hydrogen-bond donors (Lipinski definition) is 4. The molecule has 1 aromatic carbocycles. The van der Waals surface area contributed by atoms with Gasteiger partial charge in [-0.1, -0.05) is 49.8 Å². The van der Waals surface area contributed by atoms with E-state index < -0.39 is 17.3 Å². The number of phenols is 1. The largest absolute Gasteiger partial charge is 0.508 e. The summed E-state index contributed by atoms with van der Waals surface area (Å²) in [5, 5.41) is 30.1. The van der Waals surface area contributed by atoms with E-state index in [9.17, 15) is 24.9 Å². The van der Waals surface area contributed by atoms with Gasteiger partial charge >= 0.3 is 0 Å². The Morgan fingerprint density at radius 1 is 1.24 bits per heavy atom. The van der Waals surface area contributed by atoms with Gasteiger partial charge in [-0.3, -0.25) is 9.59 Å². The highest BCUT2D eigenvalue weighted by Gasteiger charge is 2.50. The maximum atomic E-state index is 13.9. The lowest BCUT2D eigenvalue weighted by atomic mass is 9.52. The highest BCUT2D eigenvalue weighted by molar-refractivity contribution is 6.03. The molecule has 0 saturated heterocycles. The Morgan fingerprint density at radius 3 is 2.62 bits per heavy atom. The predicted octanol–water partition coefficient (Wildman–Crippen LogP) is 4.82. The van der Waals surface area contributed by atoms with Crippen LogP contribution in [-0.4, -0.2) is 32.7 Å². The Balaban J connectivity index is 1.82. The number of phenolic OH excluding ortho intramolecular Hbond substituents is 1. The molecule has 0 bridgehead atoms. The van der Waals surface area contributed by atoms with Crippen molar-refractivity contribution in [2.24, 2.45) is 29.1 Å². The molecule has 180 valence electrons. The van der Waals surface area contributed by atoms with Crippen LogP contribution in [0.3, 0.4) is 0 Å². The van der Waals surface area contributed by atoms with Gasteiger partial charge in [-0.25, -0.2) is 0 Å². The molecule has 34 heavy (non-hydrogen) atoms. The van der Waals surface area contributed by atoms with Crippen molar-refractivity contribution < 1.29 is 20.1 Å². The molecule has 0 unspecified atom stereocenters. The van der Waals surface area contributed by atoms with Gasteiger partial charge < -0.3 is 20.3 Å². The number of hydrogen-bond acceptors (Lipinski definition) is 5. The summed E-state index contributed by atoms with van der Waals surface area (Å²) >= 11 is 0. The fourth-order valence-corrected chi connectivity index (χ4v) is 5.93. The minimum atomic E-state index is -0.633. The standard InChI is InChI=1S/C28H33NO5/c1-16-10-11-28(3)17(2)14-21(20(5-4-12-30)23(28)13-16)25(32)24-26(33)22(15-29-27(24)34)18-6-8-19(31)9-7-18/h4-9,14-16,20-21,23,30-31H,10-13H2,1-3H3,(H2,29,33,34)/b5-4+/t16-,20-,21+,23+,28+/m0/s1. The minimum absolute atomic E-state index is 0.0455. The Labute approximate surface area is 199 Å². The van der Waals surface area contributed by atoms with Crippen molar-refractivity contribution in [3.63, 3.8) is 0 Å². The highest BCUT2D eigenvalue weighted by Crippen LogP contribution is 2.56. The molecule has 1 fully saturated rings. The van der Waals surface area contributed by atoms with Crippen molar-refractivity contribution in [1.29, 1.82) is 0 Å². The lowest BCUT2D eigenvalue weighted by Crippen LogP contribution is -2.46. The third kappa shape index (κ3) is 4.11. The van der Waals surface area contributed by atoms with Gasteiger partial charge in [0.25, 0.3) is 5.56 Å². The smallest absolute Gasteiger partial charge is 0.262 e. The molecule has 1 aromatic heterocycles. The molecule has 2 aromatic rings. The van der Waals surface area contributed by atoms with E-state index in [1.807, 2.05) is 12.2 Å². The Morgan fingerprint density at radius 2 is 1.94 bits per heavy atom. The number of ketones is 1. The van der Waals surface area contributed by atoms with E-state index in [2.05, 4.69) is 25.8 Å². The molecular formula is C28H33NO5. The molecule has 4 N–H and O–H groups in total.